The zero-order valence-electron chi connectivity index (χ0n) is 22.2. The van der Waals surface area contributed by atoms with E-state index in [1.54, 1.807) is 29.5 Å². The topological polar surface area (TPSA) is 121 Å². The van der Waals surface area contributed by atoms with E-state index in [1.165, 1.54) is 18.5 Å². The predicted molar refractivity (Wildman–Crippen MR) is 150 cm³/mol. The molecule has 2 N–H and O–H groups in total. The van der Waals surface area contributed by atoms with Gasteiger partial charge in [-0.1, -0.05) is 36.9 Å². The Labute approximate surface area is 231 Å². The summed E-state index contributed by atoms with van der Waals surface area (Å²) < 4.78 is 18.8. The van der Waals surface area contributed by atoms with Gasteiger partial charge in [0.2, 0.25) is 5.91 Å². The number of anilines is 1. The van der Waals surface area contributed by atoms with Gasteiger partial charge in [-0.25, -0.2) is 14.3 Å². The average molecular weight is 540 g/mol. The van der Waals surface area contributed by atoms with E-state index in [4.69, 9.17) is 19.9 Å². The number of amides is 1. The molecule has 1 fully saturated rings. The summed E-state index contributed by atoms with van der Waals surface area (Å²) in [5.74, 6) is 0.909. The summed E-state index contributed by atoms with van der Waals surface area (Å²) in [6.45, 7) is 6.08. The van der Waals surface area contributed by atoms with Crippen LogP contribution in [-0.4, -0.2) is 58.2 Å². The number of hydrogen-bond acceptors (Lipinski definition) is 8. The Morgan fingerprint density at radius 3 is 2.45 bits per heavy atom. The molecule has 1 amide bonds. The quantitative estimate of drug-likeness (QED) is 0.248. The van der Waals surface area contributed by atoms with Crippen LogP contribution in [0.1, 0.15) is 18.2 Å². The van der Waals surface area contributed by atoms with Crippen molar-refractivity contribution in [2.45, 2.75) is 12.5 Å². The fourth-order valence-corrected chi connectivity index (χ4v) is 4.91. The van der Waals surface area contributed by atoms with Gasteiger partial charge < -0.3 is 24.8 Å². The second-order valence-corrected chi connectivity index (χ2v) is 9.16. The number of fused-ring (bicyclic) bond motifs is 1. The van der Waals surface area contributed by atoms with Gasteiger partial charge in [0.1, 0.15) is 28.9 Å². The molecule has 0 radical (unpaired) electrons. The number of benzene rings is 2. The number of likely N-dealkylation sites (tertiary alicyclic amines) is 1. The number of nitrogens with two attached hydrogens (primary N) is 1. The molecular formula is C30H29N5O5. The Hall–Kier alpha value is -4.96. The molecule has 1 aliphatic heterocycles. The number of para-hydroxylation sites is 1. The summed E-state index contributed by atoms with van der Waals surface area (Å²) >= 11 is 0. The van der Waals surface area contributed by atoms with Gasteiger partial charge in [0.25, 0.3) is 0 Å². The van der Waals surface area contributed by atoms with E-state index in [1.807, 2.05) is 54.6 Å². The molecule has 2 aromatic carbocycles. The minimum absolute atomic E-state index is 0.208. The highest BCUT2D eigenvalue weighted by atomic mass is 16.5. The van der Waals surface area contributed by atoms with Crippen molar-refractivity contribution in [1.29, 1.82) is 0 Å². The number of methoxy groups -OCH3 is 1. The molecule has 10 heteroatoms. The number of rotatable bonds is 9. The summed E-state index contributed by atoms with van der Waals surface area (Å²) in [5.41, 5.74) is 8.81. The number of nitrogens with zero attached hydrogens (tertiary/aromatic N) is 4. The molecular weight excluding hydrogens is 510 g/mol. The lowest BCUT2D eigenvalue weighted by Gasteiger charge is -2.48. The maximum Gasteiger partial charge on any atom is 0.330 e. The lowest BCUT2D eigenvalue weighted by atomic mass is 9.85. The normalized spacial score (nSPS) is 14.2. The number of hydrogen-bond donors (Lipinski definition) is 1. The van der Waals surface area contributed by atoms with Crippen molar-refractivity contribution in [3.63, 3.8) is 0 Å². The van der Waals surface area contributed by atoms with Crippen LogP contribution in [0.25, 0.3) is 22.7 Å². The largest absolute Gasteiger partial charge is 0.463 e. The van der Waals surface area contributed by atoms with Gasteiger partial charge in [-0.05, 0) is 48.9 Å². The van der Waals surface area contributed by atoms with Crippen LogP contribution in [0.3, 0.4) is 0 Å². The van der Waals surface area contributed by atoms with Crippen molar-refractivity contribution in [3.8, 4) is 22.6 Å². The van der Waals surface area contributed by atoms with Gasteiger partial charge in [-0.15, -0.1) is 0 Å². The van der Waals surface area contributed by atoms with Gasteiger partial charge in [0.05, 0.1) is 25.4 Å². The molecule has 0 saturated carbocycles. The van der Waals surface area contributed by atoms with Gasteiger partial charge in [-0.2, -0.15) is 5.10 Å². The smallest absolute Gasteiger partial charge is 0.330 e. The third-order valence-electron chi connectivity index (χ3n) is 6.79. The summed E-state index contributed by atoms with van der Waals surface area (Å²) in [5, 5.41) is 4.52. The van der Waals surface area contributed by atoms with Gasteiger partial charge >= 0.3 is 5.97 Å². The first-order valence-electron chi connectivity index (χ1n) is 12.7. The Morgan fingerprint density at radius 2 is 1.80 bits per heavy atom. The van der Waals surface area contributed by atoms with Gasteiger partial charge in [-0.3, -0.25) is 4.79 Å². The van der Waals surface area contributed by atoms with Crippen LogP contribution >= 0.6 is 0 Å². The van der Waals surface area contributed by atoms with Crippen LogP contribution in [0.5, 0.6) is 11.5 Å². The van der Waals surface area contributed by atoms with E-state index in [0.717, 1.165) is 5.56 Å². The van der Waals surface area contributed by atoms with Crippen LogP contribution in [0.15, 0.2) is 79.7 Å². The fraction of sp³-hybridized carbons (Fsp3) is 0.200. The summed E-state index contributed by atoms with van der Waals surface area (Å²) in [6, 6.07) is 17.0. The van der Waals surface area contributed by atoms with Crippen molar-refractivity contribution < 1.29 is 23.8 Å². The number of esters is 1. The maximum absolute atomic E-state index is 12.4. The summed E-state index contributed by atoms with van der Waals surface area (Å²) in [7, 11) is 1.58. The maximum atomic E-state index is 12.4. The van der Waals surface area contributed by atoms with Crippen LogP contribution in [0, 0.1) is 0 Å². The van der Waals surface area contributed by atoms with E-state index in [0.29, 0.717) is 33.8 Å². The van der Waals surface area contributed by atoms with Crippen molar-refractivity contribution in [3.05, 3.63) is 90.9 Å². The molecule has 40 heavy (non-hydrogen) atoms. The van der Waals surface area contributed by atoms with E-state index in [2.05, 4.69) is 16.7 Å². The van der Waals surface area contributed by atoms with E-state index in [9.17, 15) is 9.59 Å². The third-order valence-corrected chi connectivity index (χ3v) is 6.79. The zero-order chi connectivity index (χ0) is 28.3. The average Bonchev–Trinajstić information content (AvgIpc) is 3.28. The second-order valence-electron chi connectivity index (χ2n) is 9.16. The first-order chi connectivity index (χ1) is 19.4. The number of aromatic nitrogens is 3. The third kappa shape index (κ3) is 4.80. The number of nitrogen functional groups attached to an aromatic ring is 1. The Bertz CT molecular complexity index is 1590. The first-order valence-corrected chi connectivity index (χ1v) is 12.7. The molecule has 0 unspecified atom stereocenters. The molecule has 0 spiro atoms. The highest BCUT2D eigenvalue weighted by molar-refractivity contribution is 5.98. The molecule has 204 valence electrons. The van der Waals surface area contributed by atoms with E-state index >= 15 is 0 Å². The van der Waals surface area contributed by atoms with Crippen LogP contribution in [0.2, 0.25) is 0 Å². The van der Waals surface area contributed by atoms with E-state index < -0.39 is 11.6 Å². The Morgan fingerprint density at radius 1 is 1.10 bits per heavy atom. The molecule has 1 saturated heterocycles. The first kappa shape index (κ1) is 26.6. The monoisotopic (exact) mass is 539 g/mol. The lowest BCUT2D eigenvalue weighted by molar-refractivity contribution is -0.161. The molecule has 0 aliphatic carbocycles. The molecule has 10 nitrogen and oxygen atoms in total. The van der Waals surface area contributed by atoms with Crippen LogP contribution < -0.4 is 10.5 Å². The highest BCUT2D eigenvalue weighted by Crippen LogP contribution is 2.45. The zero-order valence-corrected chi connectivity index (χ0v) is 22.2. The highest BCUT2D eigenvalue weighted by Gasteiger charge is 2.50. The molecule has 3 heterocycles. The number of carbonyl (C=O) groups excluding carboxylic acids is 2. The van der Waals surface area contributed by atoms with Crippen molar-refractivity contribution in [1.82, 2.24) is 19.5 Å². The van der Waals surface area contributed by atoms with Crippen molar-refractivity contribution in [2.24, 2.45) is 0 Å². The van der Waals surface area contributed by atoms with Crippen LogP contribution in [-0.2, 0) is 24.7 Å². The van der Waals surface area contributed by atoms with E-state index in [-0.39, 0.29) is 31.4 Å². The number of carbonyl (C=O) groups is 2. The lowest BCUT2D eigenvalue weighted by Crippen LogP contribution is -2.62. The standard InChI is InChI=1S/C30H29N5O5/c1-4-24(36)34-17-30(18-34,38-3)28-23(15-16-25(37)39-5-2)26(27-29(31)32-19-33-35(27)28)20-11-13-22(14-12-20)40-21-9-7-6-8-10-21/h4,6-16,19H,1,5,17-18H2,2-3H3,(H2,31,32,33)/b16-15+. The number of ether oxygens (including phenoxy) is 3. The van der Waals surface area contributed by atoms with Crippen LogP contribution in [0.4, 0.5) is 5.82 Å². The molecule has 2 aromatic heterocycles. The van der Waals surface area contributed by atoms with Crippen molar-refractivity contribution in [2.75, 3.05) is 32.5 Å². The van der Waals surface area contributed by atoms with Gasteiger partial charge in [0, 0.05) is 24.3 Å². The molecule has 0 bridgehead atoms. The SMILES string of the molecule is C=CC(=O)N1CC(OC)(c2c(/C=C/C(=O)OCC)c(-c3ccc(Oc4ccccc4)cc3)c3c(N)ncnn23)C1. The molecule has 0 atom stereocenters. The van der Waals surface area contributed by atoms with Gasteiger partial charge in [0.15, 0.2) is 5.82 Å². The molecule has 5 rings (SSSR count). The minimum atomic E-state index is -0.925. The minimum Gasteiger partial charge on any atom is -0.463 e. The molecule has 1 aliphatic rings. The second kappa shape index (κ2) is 11.0. The fourth-order valence-electron chi connectivity index (χ4n) is 4.91. The summed E-state index contributed by atoms with van der Waals surface area (Å²) in [6.07, 6.45) is 5.66. The predicted octanol–water partition coefficient (Wildman–Crippen LogP) is 4.22. The molecule has 4 aromatic rings. The summed E-state index contributed by atoms with van der Waals surface area (Å²) in [4.78, 5) is 30.6. The Kier molecular flexibility index (Phi) is 7.35. The van der Waals surface area contributed by atoms with Crippen molar-refractivity contribution >= 4 is 29.3 Å². The Balaban J connectivity index is 1.68.